The third kappa shape index (κ3) is 9.00. The van der Waals surface area contributed by atoms with E-state index in [9.17, 15) is 4.79 Å². The van der Waals surface area contributed by atoms with E-state index in [2.05, 4.69) is 11.3 Å². The Morgan fingerprint density at radius 2 is 2.38 bits per heavy atom. The molecule has 0 heterocycles. The molecule has 3 nitrogen and oxygen atoms in total. The summed E-state index contributed by atoms with van der Waals surface area (Å²) >= 11 is 0. The SMILES string of the molecule is C=CCOC(=O)O.Cl. The standard InChI is InChI=1S/C4H6O3.ClH/c1-2-3-7-4(5)6;/h2H,1,3H2,(H,5,6);1H. The first kappa shape index (κ1) is 10.3. The van der Waals surface area contributed by atoms with Crippen molar-refractivity contribution < 1.29 is 14.6 Å². The van der Waals surface area contributed by atoms with Crippen molar-refractivity contribution in [3.8, 4) is 0 Å². The summed E-state index contributed by atoms with van der Waals surface area (Å²) in [5, 5.41) is 7.77. The number of halogens is 1. The molecule has 0 fully saturated rings. The van der Waals surface area contributed by atoms with Crippen LogP contribution in [0.1, 0.15) is 0 Å². The fourth-order valence-corrected chi connectivity index (χ4v) is 0.130. The van der Waals surface area contributed by atoms with Crippen LogP contribution in [0, 0.1) is 0 Å². The molecule has 0 aliphatic rings. The van der Waals surface area contributed by atoms with Crippen molar-refractivity contribution in [2.24, 2.45) is 0 Å². The molecular formula is C4H7ClO3. The second kappa shape index (κ2) is 6.30. The highest BCUT2D eigenvalue weighted by Crippen LogP contribution is 1.73. The third-order valence-electron chi connectivity index (χ3n) is 0.325. The van der Waals surface area contributed by atoms with Crippen molar-refractivity contribution >= 4 is 18.6 Å². The van der Waals surface area contributed by atoms with Gasteiger partial charge >= 0.3 is 6.16 Å². The molecule has 0 rings (SSSR count). The first-order valence-electron chi connectivity index (χ1n) is 1.74. The van der Waals surface area contributed by atoms with Gasteiger partial charge < -0.3 is 9.84 Å². The Bertz CT molecular complexity index is 81.4. The molecule has 0 bridgehead atoms. The van der Waals surface area contributed by atoms with Crippen LogP contribution in [0.15, 0.2) is 12.7 Å². The smallest absolute Gasteiger partial charge is 0.450 e. The molecule has 0 saturated heterocycles. The molecule has 0 amide bonds. The van der Waals surface area contributed by atoms with Crippen LogP contribution in [0.5, 0.6) is 0 Å². The maximum absolute atomic E-state index is 9.49. The minimum Gasteiger partial charge on any atom is -0.450 e. The molecule has 0 aromatic rings. The van der Waals surface area contributed by atoms with E-state index in [4.69, 9.17) is 5.11 Å². The summed E-state index contributed by atoms with van der Waals surface area (Å²) in [6.45, 7) is 3.31. The van der Waals surface area contributed by atoms with Crippen LogP contribution in [-0.2, 0) is 4.74 Å². The van der Waals surface area contributed by atoms with Crippen molar-refractivity contribution in [3.05, 3.63) is 12.7 Å². The largest absolute Gasteiger partial charge is 0.506 e. The van der Waals surface area contributed by atoms with Crippen molar-refractivity contribution in [2.75, 3.05) is 6.61 Å². The molecule has 0 saturated carbocycles. The lowest BCUT2D eigenvalue weighted by Gasteiger charge is -1.88. The molecular weight excluding hydrogens is 131 g/mol. The van der Waals surface area contributed by atoms with Gasteiger partial charge in [0, 0.05) is 0 Å². The fourth-order valence-electron chi connectivity index (χ4n) is 0.130. The number of ether oxygens (including phenoxy) is 1. The highest BCUT2D eigenvalue weighted by Gasteiger charge is 1.87. The molecule has 8 heavy (non-hydrogen) atoms. The van der Waals surface area contributed by atoms with Crippen LogP contribution in [-0.4, -0.2) is 17.9 Å². The molecule has 1 N–H and O–H groups in total. The predicted molar refractivity (Wildman–Crippen MR) is 31.4 cm³/mol. The fraction of sp³-hybridized carbons (Fsp3) is 0.250. The molecule has 0 aromatic heterocycles. The maximum atomic E-state index is 9.49. The zero-order valence-electron chi connectivity index (χ0n) is 4.16. The Balaban J connectivity index is 0. The van der Waals surface area contributed by atoms with Crippen molar-refractivity contribution in [3.63, 3.8) is 0 Å². The monoisotopic (exact) mass is 138 g/mol. The highest BCUT2D eigenvalue weighted by atomic mass is 35.5. The van der Waals surface area contributed by atoms with Gasteiger partial charge in [-0.2, -0.15) is 0 Å². The summed E-state index contributed by atoms with van der Waals surface area (Å²) in [5.74, 6) is 0. The van der Waals surface area contributed by atoms with E-state index < -0.39 is 6.16 Å². The van der Waals surface area contributed by atoms with Crippen LogP contribution in [0.4, 0.5) is 4.79 Å². The second-order valence-electron chi connectivity index (χ2n) is 0.866. The number of rotatable bonds is 2. The first-order valence-corrected chi connectivity index (χ1v) is 1.74. The van der Waals surface area contributed by atoms with E-state index in [-0.39, 0.29) is 19.0 Å². The van der Waals surface area contributed by atoms with Gasteiger partial charge in [-0.05, 0) is 0 Å². The minimum atomic E-state index is -1.26. The molecule has 48 valence electrons. The van der Waals surface area contributed by atoms with Crippen LogP contribution in [0.3, 0.4) is 0 Å². The Morgan fingerprint density at radius 1 is 1.88 bits per heavy atom. The van der Waals surface area contributed by atoms with Crippen molar-refractivity contribution in [1.29, 1.82) is 0 Å². The van der Waals surface area contributed by atoms with Crippen LogP contribution in [0.25, 0.3) is 0 Å². The highest BCUT2D eigenvalue weighted by molar-refractivity contribution is 5.85. The van der Waals surface area contributed by atoms with Crippen molar-refractivity contribution in [1.82, 2.24) is 0 Å². The average Bonchev–Trinajstić information content (AvgIpc) is 1.61. The van der Waals surface area contributed by atoms with Crippen LogP contribution < -0.4 is 0 Å². The normalized spacial score (nSPS) is 6.50. The lowest BCUT2D eigenvalue weighted by Crippen LogP contribution is -1.98. The predicted octanol–water partition coefficient (Wildman–Crippen LogP) is 1.29. The summed E-state index contributed by atoms with van der Waals surface area (Å²) < 4.78 is 3.99. The van der Waals surface area contributed by atoms with Gasteiger partial charge in [-0.1, -0.05) is 12.7 Å². The van der Waals surface area contributed by atoms with Gasteiger partial charge in [0.1, 0.15) is 6.61 Å². The molecule has 0 aliphatic carbocycles. The van der Waals surface area contributed by atoms with E-state index in [0.29, 0.717) is 0 Å². The molecule has 4 heteroatoms. The quantitative estimate of drug-likeness (QED) is 0.462. The first-order chi connectivity index (χ1) is 3.27. The van der Waals surface area contributed by atoms with Gasteiger partial charge in [0.2, 0.25) is 0 Å². The second-order valence-corrected chi connectivity index (χ2v) is 0.866. The van der Waals surface area contributed by atoms with E-state index in [1.807, 2.05) is 0 Å². The third-order valence-corrected chi connectivity index (χ3v) is 0.325. The Morgan fingerprint density at radius 3 is 2.50 bits per heavy atom. The van der Waals surface area contributed by atoms with Gasteiger partial charge in [0.05, 0.1) is 0 Å². The molecule has 0 aliphatic heterocycles. The van der Waals surface area contributed by atoms with Gasteiger partial charge in [0.15, 0.2) is 0 Å². The number of carboxylic acid groups (broad SMARTS) is 1. The summed E-state index contributed by atoms with van der Waals surface area (Å²) in [6.07, 6.45) is 0.105. The van der Waals surface area contributed by atoms with Gasteiger partial charge in [-0.3, -0.25) is 0 Å². The topological polar surface area (TPSA) is 46.5 Å². The Hall–Kier alpha value is -0.700. The van der Waals surface area contributed by atoms with E-state index in [1.54, 1.807) is 0 Å². The molecule has 0 unspecified atom stereocenters. The molecule has 0 aromatic carbocycles. The minimum absolute atomic E-state index is 0. The van der Waals surface area contributed by atoms with Crippen LogP contribution >= 0.6 is 12.4 Å². The summed E-state index contributed by atoms with van der Waals surface area (Å²) in [6, 6.07) is 0. The number of carbonyl (C=O) groups is 1. The van der Waals surface area contributed by atoms with Crippen LogP contribution in [0.2, 0.25) is 0 Å². The van der Waals surface area contributed by atoms with Gasteiger partial charge in [-0.25, -0.2) is 4.79 Å². The molecule has 0 spiro atoms. The van der Waals surface area contributed by atoms with Gasteiger partial charge in [-0.15, -0.1) is 12.4 Å². The van der Waals surface area contributed by atoms with E-state index >= 15 is 0 Å². The molecule has 0 radical (unpaired) electrons. The Kier molecular flexibility index (Phi) is 8.12. The lowest BCUT2D eigenvalue weighted by atomic mass is 10.7. The molecule has 0 atom stereocenters. The lowest BCUT2D eigenvalue weighted by molar-refractivity contribution is 0.102. The van der Waals surface area contributed by atoms with E-state index in [0.717, 1.165) is 0 Å². The summed E-state index contributed by atoms with van der Waals surface area (Å²) in [7, 11) is 0. The Labute approximate surface area is 53.4 Å². The number of hydrogen-bond acceptors (Lipinski definition) is 2. The van der Waals surface area contributed by atoms with Crippen molar-refractivity contribution in [2.45, 2.75) is 0 Å². The summed E-state index contributed by atoms with van der Waals surface area (Å²) in [5.41, 5.74) is 0. The number of hydrogen-bond donors (Lipinski definition) is 1. The summed E-state index contributed by atoms with van der Waals surface area (Å²) in [4.78, 5) is 9.49. The average molecular weight is 139 g/mol. The zero-order chi connectivity index (χ0) is 5.70. The maximum Gasteiger partial charge on any atom is 0.506 e. The zero-order valence-corrected chi connectivity index (χ0v) is 4.98. The van der Waals surface area contributed by atoms with E-state index in [1.165, 1.54) is 6.08 Å². The van der Waals surface area contributed by atoms with Gasteiger partial charge in [0.25, 0.3) is 0 Å².